The molecule has 0 atom stereocenters. The molecule has 1 aliphatic rings. The van der Waals surface area contributed by atoms with Crippen LogP contribution in [0.4, 0.5) is 0 Å². The first-order valence-electron chi connectivity index (χ1n) is 16.0. The van der Waals surface area contributed by atoms with Crippen LogP contribution in [0.15, 0.2) is 66.7 Å². The van der Waals surface area contributed by atoms with Gasteiger partial charge in [-0.2, -0.15) is 0 Å². The molecule has 1 aromatic heterocycles. The molecule has 0 radical (unpaired) electrons. The van der Waals surface area contributed by atoms with Crippen LogP contribution in [0.2, 0.25) is 0 Å². The molecule has 236 valence electrons. The summed E-state index contributed by atoms with van der Waals surface area (Å²) in [5.41, 5.74) is 17.2. The number of nitrogens with zero attached hydrogens (tertiary/aromatic N) is 3. The molecule has 0 saturated heterocycles. The first kappa shape index (κ1) is 31.9. The highest BCUT2D eigenvalue weighted by Gasteiger charge is 2.20. The van der Waals surface area contributed by atoms with Crippen molar-refractivity contribution in [2.45, 2.75) is 64.5 Å². The van der Waals surface area contributed by atoms with Crippen LogP contribution >= 0.6 is 0 Å². The highest BCUT2D eigenvalue weighted by molar-refractivity contribution is 5.97. The average Bonchev–Trinajstić information content (AvgIpc) is 3.42. The number of methoxy groups -OCH3 is 1. The van der Waals surface area contributed by atoms with Gasteiger partial charge in [0.2, 0.25) is 0 Å². The fourth-order valence-electron chi connectivity index (χ4n) is 6.32. The molecule has 4 aromatic rings. The van der Waals surface area contributed by atoms with E-state index < -0.39 is 5.97 Å². The summed E-state index contributed by atoms with van der Waals surface area (Å²) in [4.78, 5) is 32.4. The molecular formula is C36H44N6O3. The van der Waals surface area contributed by atoms with Crippen molar-refractivity contribution >= 4 is 28.7 Å². The summed E-state index contributed by atoms with van der Waals surface area (Å²) in [6.07, 6.45) is 9.29. The second kappa shape index (κ2) is 15.0. The van der Waals surface area contributed by atoms with E-state index in [0.29, 0.717) is 30.8 Å². The van der Waals surface area contributed by atoms with Crippen LogP contribution in [0, 0.1) is 11.3 Å². The maximum absolute atomic E-state index is 13.8. The van der Waals surface area contributed by atoms with Crippen LogP contribution in [0.3, 0.4) is 0 Å². The Kier molecular flexibility index (Phi) is 10.6. The summed E-state index contributed by atoms with van der Waals surface area (Å²) < 4.78 is 7.14. The molecule has 5 rings (SSSR count). The Labute approximate surface area is 265 Å². The van der Waals surface area contributed by atoms with Gasteiger partial charge in [-0.1, -0.05) is 68.5 Å². The molecule has 0 bridgehead atoms. The quantitative estimate of drug-likeness (QED) is 0.105. The third kappa shape index (κ3) is 7.97. The van der Waals surface area contributed by atoms with E-state index in [1.165, 1.54) is 44.8 Å². The van der Waals surface area contributed by atoms with Crippen LogP contribution < -0.4 is 11.5 Å². The number of carbonyl (C=O) groups is 2. The van der Waals surface area contributed by atoms with E-state index in [-0.39, 0.29) is 11.7 Å². The van der Waals surface area contributed by atoms with E-state index in [0.717, 1.165) is 59.7 Å². The molecule has 1 fully saturated rings. The lowest BCUT2D eigenvalue weighted by Gasteiger charge is -2.23. The van der Waals surface area contributed by atoms with Gasteiger partial charge in [0.15, 0.2) is 0 Å². The van der Waals surface area contributed by atoms with Crippen molar-refractivity contribution in [1.29, 1.82) is 5.41 Å². The smallest absolute Gasteiger partial charge is 0.337 e. The van der Waals surface area contributed by atoms with E-state index in [1.54, 1.807) is 17.0 Å². The Bertz CT molecular complexity index is 1620. The lowest BCUT2D eigenvalue weighted by Crippen LogP contribution is -2.34. The van der Waals surface area contributed by atoms with Crippen LogP contribution in [0.25, 0.3) is 11.0 Å². The fourth-order valence-corrected chi connectivity index (χ4v) is 6.32. The molecule has 0 aliphatic heterocycles. The van der Waals surface area contributed by atoms with Crippen molar-refractivity contribution in [2.24, 2.45) is 17.4 Å². The molecule has 5 N–H and O–H groups in total. The number of fused-ring (bicyclic) bond motifs is 1. The number of aryl methyl sites for hydroxylation is 3. The maximum Gasteiger partial charge on any atom is 0.337 e. The fraction of sp³-hybridized carbons (Fsp3) is 0.389. The Hall–Kier alpha value is -4.50. The largest absolute Gasteiger partial charge is 0.465 e. The lowest BCUT2D eigenvalue weighted by molar-refractivity contribution is 0.0600. The van der Waals surface area contributed by atoms with Gasteiger partial charge in [-0.15, -0.1) is 0 Å². The monoisotopic (exact) mass is 608 g/mol. The third-order valence-corrected chi connectivity index (χ3v) is 8.90. The minimum atomic E-state index is -0.395. The number of carbonyl (C=O) groups excluding carboxylic acids is 2. The molecule has 0 spiro atoms. The first-order chi connectivity index (χ1) is 21.9. The lowest BCUT2D eigenvalue weighted by atomic mass is 9.87. The van der Waals surface area contributed by atoms with Crippen molar-refractivity contribution < 1.29 is 14.3 Å². The predicted octanol–water partition coefficient (Wildman–Crippen LogP) is 5.46. The number of nitrogens with two attached hydrogens (primary N) is 2. The molecule has 45 heavy (non-hydrogen) atoms. The Morgan fingerprint density at radius 2 is 1.60 bits per heavy atom. The molecule has 1 heterocycles. The summed E-state index contributed by atoms with van der Waals surface area (Å²) >= 11 is 0. The molecule has 9 nitrogen and oxygen atoms in total. The van der Waals surface area contributed by atoms with Gasteiger partial charge in [0.25, 0.3) is 5.91 Å². The van der Waals surface area contributed by atoms with Gasteiger partial charge >= 0.3 is 5.97 Å². The molecule has 1 saturated carbocycles. The van der Waals surface area contributed by atoms with Gasteiger partial charge in [-0.3, -0.25) is 10.2 Å². The third-order valence-electron chi connectivity index (χ3n) is 8.90. The molecule has 1 amide bonds. The number of imidazole rings is 1. The number of nitrogen functional groups attached to an aromatic ring is 1. The second-order valence-electron chi connectivity index (χ2n) is 12.0. The maximum atomic E-state index is 13.8. The average molecular weight is 609 g/mol. The number of hydrogen-bond acceptors (Lipinski definition) is 6. The van der Waals surface area contributed by atoms with E-state index in [9.17, 15) is 9.59 Å². The van der Waals surface area contributed by atoms with E-state index in [1.807, 2.05) is 54.6 Å². The van der Waals surface area contributed by atoms with Crippen molar-refractivity contribution in [2.75, 3.05) is 20.2 Å². The number of amidine groups is 1. The van der Waals surface area contributed by atoms with Gasteiger partial charge < -0.3 is 25.7 Å². The number of ether oxygens (including phenoxy) is 1. The Morgan fingerprint density at radius 3 is 2.27 bits per heavy atom. The van der Waals surface area contributed by atoms with Gasteiger partial charge in [0, 0.05) is 43.7 Å². The normalized spacial score (nSPS) is 13.6. The van der Waals surface area contributed by atoms with Crippen molar-refractivity contribution in [3.63, 3.8) is 0 Å². The van der Waals surface area contributed by atoms with Crippen molar-refractivity contribution in [1.82, 2.24) is 14.5 Å². The van der Waals surface area contributed by atoms with Gasteiger partial charge in [0.05, 0.1) is 23.7 Å². The van der Waals surface area contributed by atoms with Crippen molar-refractivity contribution in [3.8, 4) is 0 Å². The summed E-state index contributed by atoms with van der Waals surface area (Å²) in [6, 6.07) is 20.8. The van der Waals surface area contributed by atoms with Crippen molar-refractivity contribution in [3.05, 3.63) is 100 Å². The standard InChI is InChI=1S/C36H44N6O3/c1-45-36(44)29-14-9-27(10-15-29)24-41(22-20-37)35(43)30-16-17-32-31(23-30)40-33(42(32)21-19-25-5-3-2-4-6-25)18-11-26-7-12-28(13-8-26)34(38)39/h7-10,12-17,23,25H,2-6,11,18-22,24,37H2,1H3,(H3,38,39). The van der Waals surface area contributed by atoms with Gasteiger partial charge in [-0.25, -0.2) is 9.78 Å². The zero-order chi connectivity index (χ0) is 31.8. The Morgan fingerprint density at radius 1 is 0.933 bits per heavy atom. The zero-order valence-corrected chi connectivity index (χ0v) is 26.1. The summed E-state index contributed by atoms with van der Waals surface area (Å²) in [6.45, 7) is 2.02. The number of nitrogens with one attached hydrogen (secondary N) is 1. The minimum absolute atomic E-state index is 0.0675. The van der Waals surface area contributed by atoms with E-state index in [2.05, 4.69) is 4.57 Å². The zero-order valence-electron chi connectivity index (χ0n) is 26.1. The predicted molar refractivity (Wildman–Crippen MR) is 177 cm³/mol. The number of aromatic nitrogens is 2. The summed E-state index contributed by atoms with van der Waals surface area (Å²) in [5, 5.41) is 7.66. The summed E-state index contributed by atoms with van der Waals surface area (Å²) in [7, 11) is 1.35. The molecular weight excluding hydrogens is 564 g/mol. The van der Waals surface area contributed by atoms with E-state index >= 15 is 0 Å². The number of benzene rings is 3. The molecule has 3 aromatic carbocycles. The Balaban J connectivity index is 1.38. The number of amides is 1. The highest BCUT2D eigenvalue weighted by Crippen LogP contribution is 2.28. The molecule has 9 heteroatoms. The van der Waals surface area contributed by atoms with Crippen LogP contribution in [0.5, 0.6) is 0 Å². The van der Waals surface area contributed by atoms with Crippen LogP contribution in [-0.4, -0.2) is 52.4 Å². The number of rotatable bonds is 13. The molecule has 0 unspecified atom stereocenters. The summed E-state index contributed by atoms with van der Waals surface area (Å²) in [5.74, 6) is 1.33. The highest BCUT2D eigenvalue weighted by atomic mass is 16.5. The topological polar surface area (TPSA) is 140 Å². The van der Waals surface area contributed by atoms with Crippen LogP contribution in [0.1, 0.15) is 81.8 Å². The second-order valence-corrected chi connectivity index (χ2v) is 12.0. The molecule has 1 aliphatic carbocycles. The minimum Gasteiger partial charge on any atom is -0.465 e. The SMILES string of the molecule is COC(=O)c1ccc(CN(CCN)C(=O)c2ccc3c(c2)nc(CCc2ccc(C(=N)N)cc2)n3CCC2CCCCC2)cc1. The van der Waals surface area contributed by atoms with Gasteiger partial charge in [0.1, 0.15) is 11.7 Å². The van der Waals surface area contributed by atoms with Crippen LogP contribution in [-0.2, 0) is 30.7 Å². The van der Waals surface area contributed by atoms with Gasteiger partial charge in [-0.05, 0) is 60.2 Å². The van der Waals surface area contributed by atoms with E-state index in [4.69, 9.17) is 26.6 Å². The first-order valence-corrected chi connectivity index (χ1v) is 16.0. The number of hydrogen-bond donors (Lipinski definition) is 3. The number of esters is 1.